The standard InChI is InChI=1S/C27H29N5O3S/c1-35-24-12-11-19(17-25(24)36(28,33)34)13-15-29-21-14-16-32(18-21)27-22-9-5-6-10-23(22)30-26(31-27)20-7-3-2-4-8-20/h2-12,17,21,29H,13-16,18H2,1H3,(H2,28,33,34)/t21-/m1/s1. The number of aromatic nitrogens is 2. The molecule has 0 saturated carbocycles. The Balaban J connectivity index is 1.29. The van der Waals surface area contributed by atoms with Gasteiger partial charge in [0.1, 0.15) is 16.5 Å². The SMILES string of the molecule is COc1ccc(CCN[C@@H]2CCN(c3nc(-c4ccccc4)nc4ccccc34)C2)cc1S(N)(=O)=O. The number of sulfonamides is 1. The van der Waals surface area contributed by atoms with Crippen LogP contribution in [0.4, 0.5) is 5.82 Å². The van der Waals surface area contributed by atoms with Crippen LogP contribution in [0, 0.1) is 0 Å². The number of nitrogens with one attached hydrogen (secondary N) is 1. The van der Waals surface area contributed by atoms with Crippen LogP contribution in [-0.4, -0.2) is 51.2 Å². The maximum Gasteiger partial charge on any atom is 0.241 e. The first-order valence-electron chi connectivity index (χ1n) is 11.9. The fourth-order valence-corrected chi connectivity index (χ4v) is 5.40. The number of anilines is 1. The van der Waals surface area contributed by atoms with E-state index in [1.54, 1.807) is 12.1 Å². The van der Waals surface area contributed by atoms with E-state index in [4.69, 9.17) is 19.8 Å². The molecule has 1 saturated heterocycles. The van der Waals surface area contributed by atoms with Crippen molar-refractivity contribution in [2.75, 3.05) is 31.6 Å². The summed E-state index contributed by atoms with van der Waals surface area (Å²) in [6.45, 7) is 2.44. The average molecular weight is 504 g/mol. The first-order valence-corrected chi connectivity index (χ1v) is 13.5. The third-order valence-corrected chi connectivity index (χ3v) is 7.42. The van der Waals surface area contributed by atoms with Gasteiger partial charge in [-0.1, -0.05) is 48.5 Å². The molecule has 8 nitrogen and oxygen atoms in total. The van der Waals surface area contributed by atoms with Crippen LogP contribution in [0.2, 0.25) is 0 Å². The van der Waals surface area contributed by atoms with E-state index in [1.165, 1.54) is 7.11 Å². The Morgan fingerprint density at radius 3 is 2.61 bits per heavy atom. The molecule has 0 amide bonds. The molecule has 1 atom stereocenters. The zero-order chi connectivity index (χ0) is 25.1. The minimum absolute atomic E-state index is 0.0133. The molecule has 36 heavy (non-hydrogen) atoms. The molecule has 0 radical (unpaired) electrons. The van der Waals surface area contributed by atoms with Gasteiger partial charge in [0.05, 0.1) is 12.6 Å². The van der Waals surface area contributed by atoms with Crippen molar-refractivity contribution in [2.45, 2.75) is 23.8 Å². The summed E-state index contributed by atoms with van der Waals surface area (Å²) in [5.41, 5.74) is 2.82. The van der Waals surface area contributed by atoms with Crippen LogP contribution in [0.25, 0.3) is 22.3 Å². The maximum atomic E-state index is 11.9. The Bertz CT molecular complexity index is 1480. The van der Waals surface area contributed by atoms with Crippen LogP contribution >= 0.6 is 0 Å². The number of rotatable bonds is 8. The van der Waals surface area contributed by atoms with Crippen LogP contribution in [-0.2, 0) is 16.4 Å². The Morgan fingerprint density at radius 2 is 1.83 bits per heavy atom. The number of fused-ring (bicyclic) bond motifs is 1. The monoisotopic (exact) mass is 503 g/mol. The number of nitrogens with two attached hydrogens (primary N) is 1. The molecule has 3 aromatic carbocycles. The summed E-state index contributed by atoms with van der Waals surface area (Å²) in [5.74, 6) is 1.94. The predicted molar refractivity (Wildman–Crippen MR) is 142 cm³/mol. The summed E-state index contributed by atoms with van der Waals surface area (Å²) in [6.07, 6.45) is 1.67. The van der Waals surface area contributed by atoms with Gasteiger partial charge in [-0.15, -0.1) is 0 Å². The van der Waals surface area contributed by atoms with Crippen molar-refractivity contribution in [2.24, 2.45) is 5.14 Å². The van der Waals surface area contributed by atoms with E-state index >= 15 is 0 Å². The first-order chi connectivity index (χ1) is 17.4. The fraction of sp³-hybridized carbons (Fsp3) is 0.259. The molecule has 1 aliphatic rings. The number of primary sulfonamides is 1. The van der Waals surface area contributed by atoms with Crippen molar-refractivity contribution in [3.8, 4) is 17.1 Å². The van der Waals surface area contributed by atoms with Crippen LogP contribution < -0.4 is 20.1 Å². The zero-order valence-corrected chi connectivity index (χ0v) is 20.9. The lowest BCUT2D eigenvalue weighted by Gasteiger charge is -2.20. The number of methoxy groups -OCH3 is 1. The number of hydrogen-bond acceptors (Lipinski definition) is 7. The van der Waals surface area contributed by atoms with Crippen LogP contribution in [0.5, 0.6) is 5.75 Å². The van der Waals surface area contributed by atoms with Gasteiger partial charge in [0.2, 0.25) is 10.0 Å². The molecule has 0 unspecified atom stereocenters. The maximum absolute atomic E-state index is 11.9. The number of nitrogens with zero attached hydrogens (tertiary/aromatic N) is 3. The molecule has 9 heteroatoms. The van der Waals surface area contributed by atoms with Crippen molar-refractivity contribution in [3.05, 3.63) is 78.4 Å². The summed E-state index contributed by atoms with van der Waals surface area (Å²) in [4.78, 5) is 12.1. The Kier molecular flexibility index (Phi) is 6.86. The van der Waals surface area contributed by atoms with E-state index in [9.17, 15) is 8.42 Å². The molecule has 0 spiro atoms. The molecule has 0 bridgehead atoms. The molecule has 0 aliphatic carbocycles. The zero-order valence-electron chi connectivity index (χ0n) is 20.1. The van der Waals surface area contributed by atoms with E-state index in [0.717, 1.165) is 53.2 Å². The highest BCUT2D eigenvalue weighted by atomic mass is 32.2. The van der Waals surface area contributed by atoms with E-state index in [2.05, 4.69) is 16.3 Å². The third-order valence-electron chi connectivity index (χ3n) is 6.48. The van der Waals surface area contributed by atoms with E-state index in [1.807, 2.05) is 54.6 Å². The number of ether oxygens (including phenoxy) is 1. The topological polar surface area (TPSA) is 110 Å². The van der Waals surface area contributed by atoms with Gasteiger partial charge in [0.25, 0.3) is 0 Å². The summed E-state index contributed by atoms with van der Waals surface area (Å²) in [5, 5.41) is 10.0. The highest BCUT2D eigenvalue weighted by Gasteiger charge is 2.25. The highest BCUT2D eigenvalue weighted by Crippen LogP contribution is 2.30. The van der Waals surface area contributed by atoms with Gasteiger partial charge in [-0.05, 0) is 49.2 Å². The van der Waals surface area contributed by atoms with Crippen molar-refractivity contribution >= 4 is 26.7 Å². The predicted octanol–water partition coefficient (Wildman–Crippen LogP) is 3.36. The second-order valence-corrected chi connectivity index (χ2v) is 10.4. The minimum atomic E-state index is -3.85. The minimum Gasteiger partial charge on any atom is -0.495 e. The summed E-state index contributed by atoms with van der Waals surface area (Å²) >= 11 is 0. The molecule has 1 aromatic heterocycles. The molecule has 1 fully saturated rings. The second kappa shape index (κ2) is 10.2. The van der Waals surface area contributed by atoms with Crippen molar-refractivity contribution in [3.63, 3.8) is 0 Å². The molecule has 3 N–H and O–H groups in total. The lowest BCUT2D eigenvalue weighted by atomic mass is 10.1. The van der Waals surface area contributed by atoms with Gasteiger partial charge in [0, 0.05) is 30.1 Å². The number of hydrogen-bond donors (Lipinski definition) is 2. The van der Waals surface area contributed by atoms with Gasteiger partial charge in [-0.25, -0.2) is 23.5 Å². The Morgan fingerprint density at radius 1 is 1.06 bits per heavy atom. The average Bonchev–Trinajstić information content (AvgIpc) is 3.36. The normalized spacial score (nSPS) is 15.9. The molecule has 4 aromatic rings. The van der Waals surface area contributed by atoms with Gasteiger partial charge >= 0.3 is 0 Å². The second-order valence-electron chi connectivity index (χ2n) is 8.92. The molecule has 186 valence electrons. The van der Waals surface area contributed by atoms with Gasteiger partial charge in [-0.2, -0.15) is 0 Å². The Labute approximate surface area is 211 Å². The molecular formula is C27H29N5O3S. The largest absolute Gasteiger partial charge is 0.495 e. The smallest absolute Gasteiger partial charge is 0.241 e. The van der Waals surface area contributed by atoms with Crippen molar-refractivity contribution in [1.82, 2.24) is 15.3 Å². The molecular weight excluding hydrogens is 474 g/mol. The molecule has 1 aliphatic heterocycles. The lowest BCUT2D eigenvalue weighted by molar-refractivity contribution is 0.402. The van der Waals surface area contributed by atoms with E-state index in [-0.39, 0.29) is 10.6 Å². The van der Waals surface area contributed by atoms with Gasteiger partial charge < -0.3 is 15.0 Å². The van der Waals surface area contributed by atoms with Crippen molar-refractivity contribution in [1.29, 1.82) is 0 Å². The van der Waals surface area contributed by atoms with Gasteiger partial charge in [-0.3, -0.25) is 0 Å². The van der Waals surface area contributed by atoms with Crippen LogP contribution in [0.3, 0.4) is 0 Å². The quantitative estimate of drug-likeness (QED) is 0.379. The van der Waals surface area contributed by atoms with Crippen molar-refractivity contribution < 1.29 is 13.2 Å². The lowest BCUT2D eigenvalue weighted by Crippen LogP contribution is -2.34. The highest BCUT2D eigenvalue weighted by molar-refractivity contribution is 7.89. The van der Waals surface area contributed by atoms with Crippen LogP contribution in [0.15, 0.2) is 77.7 Å². The Hall–Kier alpha value is -3.53. The van der Waals surface area contributed by atoms with E-state index < -0.39 is 10.0 Å². The molecule has 5 rings (SSSR count). The fourth-order valence-electron chi connectivity index (χ4n) is 4.66. The number of benzene rings is 3. The van der Waals surface area contributed by atoms with Gasteiger partial charge in [0.15, 0.2) is 5.82 Å². The summed E-state index contributed by atoms with van der Waals surface area (Å²) in [7, 11) is -2.42. The molecule has 2 heterocycles. The number of para-hydroxylation sites is 1. The third kappa shape index (κ3) is 5.18. The van der Waals surface area contributed by atoms with Crippen LogP contribution in [0.1, 0.15) is 12.0 Å². The summed E-state index contributed by atoms with van der Waals surface area (Å²) < 4.78 is 28.9. The summed E-state index contributed by atoms with van der Waals surface area (Å²) in [6, 6.07) is 23.6. The van der Waals surface area contributed by atoms with E-state index in [0.29, 0.717) is 19.0 Å². The first kappa shape index (κ1) is 24.2.